The quantitative estimate of drug-likeness (QED) is 0.614. The Morgan fingerprint density at radius 2 is 1.68 bits per heavy atom. The number of rotatable bonds is 10. The number of carbonyl (C=O) groups is 2. The molecule has 2 aromatic carbocycles. The van der Waals surface area contributed by atoms with Crippen LogP contribution in [0.3, 0.4) is 0 Å². The van der Waals surface area contributed by atoms with Crippen molar-refractivity contribution in [1.29, 1.82) is 0 Å². The third-order valence-corrected chi connectivity index (χ3v) is 4.23. The summed E-state index contributed by atoms with van der Waals surface area (Å²) in [7, 11) is 2.00. The van der Waals surface area contributed by atoms with Gasteiger partial charge < -0.3 is 15.5 Å². The zero-order valence-electron chi connectivity index (χ0n) is 15.9. The lowest BCUT2D eigenvalue weighted by Crippen LogP contribution is -2.30. The molecule has 2 rings (SSSR count). The topological polar surface area (TPSA) is 61.4 Å². The van der Waals surface area contributed by atoms with Crippen LogP contribution in [0.15, 0.2) is 48.5 Å². The molecule has 7 heteroatoms. The maximum atomic E-state index is 13.5. The molecule has 0 aromatic heterocycles. The highest BCUT2D eigenvalue weighted by atomic mass is 19.1. The van der Waals surface area contributed by atoms with Gasteiger partial charge in [-0.25, -0.2) is 8.78 Å². The van der Waals surface area contributed by atoms with E-state index in [1.54, 1.807) is 0 Å². The Balaban J connectivity index is 1.57. The second-order valence-corrected chi connectivity index (χ2v) is 6.44. The van der Waals surface area contributed by atoms with Crippen molar-refractivity contribution < 1.29 is 18.4 Å². The van der Waals surface area contributed by atoms with Crippen LogP contribution in [0, 0.1) is 11.6 Å². The molecule has 5 nitrogen and oxygen atoms in total. The molecule has 2 aromatic rings. The molecule has 0 aliphatic heterocycles. The van der Waals surface area contributed by atoms with Crippen LogP contribution in [0.2, 0.25) is 0 Å². The summed E-state index contributed by atoms with van der Waals surface area (Å²) in [6.07, 6.45) is 1.52. The summed E-state index contributed by atoms with van der Waals surface area (Å²) in [4.78, 5) is 25.8. The molecule has 0 saturated heterocycles. The van der Waals surface area contributed by atoms with E-state index in [0.29, 0.717) is 19.0 Å². The molecule has 28 heavy (non-hydrogen) atoms. The third kappa shape index (κ3) is 6.98. The number of hydrogen-bond acceptors (Lipinski definition) is 3. The monoisotopic (exact) mass is 389 g/mol. The highest BCUT2D eigenvalue weighted by Gasteiger charge is 2.12. The number of nitrogens with one attached hydrogen (secondary N) is 2. The summed E-state index contributed by atoms with van der Waals surface area (Å²) in [5.74, 6) is -2.36. The Labute approximate surface area is 163 Å². The number of hydrogen-bond donors (Lipinski definition) is 2. The van der Waals surface area contributed by atoms with Crippen LogP contribution in [0.25, 0.3) is 0 Å². The van der Waals surface area contributed by atoms with Gasteiger partial charge in [-0.3, -0.25) is 9.59 Å². The first kappa shape index (κ1) is 21.3. The molecule has 2 amide bonds. The van der Waals surface area contributed by atoms with E-state index in [-0.39, 0.29) is 24.4 Å². The smallest absolute Gasteiger partial charge is 0.254 e. The zero-order chi connectivity index (χ0) is 20.4. The van der Waals surface area contributed by atoms with Crippen LogP contribution in [-0.4, -0.2) is 38.5 Å². The molecule has 0 spiro atoms. The van der Waals surface area contributed by atoms with Crippen LogP contribution in [0.1, 0.15) is 29.6 Å². The van der Waals surface area contributed by atoms with E-state index in [1.165, 1.54) is 0 Å². The molecule has 0 unspecified atom stereocenters. The highest BCUT2D eigenvalue weighted by Crippen LogP contribution is 2.11. The maximum absolute atomic E-state index is 13.5. The lowest BCUT2D eigenvalue weighted by molar-refractivity contribution is -0.121. The molecule has 150 valence electrons. The van der Waals surface area contributed by atoms with Crippen molar-refractivity contribution in [2.45, 2.75) is 19.3 Å². The van der Waals surface area contributed by atoms with E-state index in [0.717, 1.165) is 30.8 Å². The van der Waals surface area contributed by atoms with Gasteiger partial charge in [-0.1, -0.05) is 18.2 Å². The number of amides is 2. The van der Waals surface area contributed by atoms with Crippen molar-refractivity contribution in [3.05, 3.63) is 65.7 Å². The van der Waals surface area contributed by atoms with Gasteiger partial charge >= 0.3 is 0 Å². The normalized spacial score (nSPS) is 10.4. The molecule has 0 fully saturated rings. The summed E-state index contributed by atoms with van der Waals surface area (Å²) >= 11 is 0. The molecule has 0 radical (unpaired) electrons. The number of anilines is 1. The van der Waals surface area contributed by atoms with E-state index in [1.807, 2.05) is 37.4 Å². The van der Waals surface area contributed by atoms with Crippen molar-refractivity contribution in [3.8, 4) is 0 Å². The Bertz CT molecular complexity index is 784. The van der Waals surface area contributed by atoms with Crippen molar-refractivity contribution in [3.63, 3.8) is 0 Å². The molecule has 0 atom stereocenters. The summed E-state index contributed by atoms with van der Waals surface area (Å²) < 4.78 is 26.4. The van der Waals surface area contributed by atoms with Gasteiger partial charge in [0, 0.05) is 44.9 Å². The highest BCUT2D eigenvalue weighted by molar-refractivity contribution is 5.94. The first-order chi connectivity index (χ1) is 13.5. The standard InChI is InChI=1S/C21H25F2N3O2/c1-26(17-7-3-2-4-8-17)14-6-13-24-20(27)9-5-12-25-21(28)18-11-10-16(22)15-19(18)23/h2-4,7-8,10-11,15H,5-6,9,12-14H2,1H3,(H,24,27)(H,25,28). The van der Waals surface area contributed by atoms with Crippen LogP contribution in [0.4, 0.5) is 14.5 Å². The van der Waals surface area contributed by atoms with Gasteiger partial charge in [0.1, 0.15) is 11.6 Å². The molecule has 0 aliphatic carbocycles. The molecule has 0 heterocycles. The molecule has 0 bridgehead atoms. The first-order valence-electron chi connectivity index (χ1n) is 9.23. The molecular formula is C21H25F2N3O2. The fourth-order valence-corrected chi connectivity index (χ4v) is 2.66. The predicted molar refractivity (Wildman–Crippen MR) is 105 cm³/mol. The average Bonchev–Trinajstić information content (AvgIpc) is 2.69. The minimum atomic E-state index is -0.907. The van der Waals surface area contributed by atoms with Gasteiger partial charge in [0.2, 0.25) is 5.91 Å². The summed E-state index contributed by atoms with van der Waals surface area (Å²) in [6, 6.07) is 12.8. The predicted octanol–water partition coefficient (Wildman–Crippen LogP) is 3.12. The molecular weight excluding hydrogens is 364 g/mol. The molecule has 2 N–H and O–H groups in total. The number of carbonyl (C=O) groups excluding carboxylic acids is 2. The van der Waals surface area contributed by atoms with Gasteiger partial charge in [-0.2, -0.15) is 0 Å². The number of benzene rings is 2. The van der Waals surface area contributed by atoms with E-state index in [9.17, 15) is 18.4 Å². The Kier molecular flexibility index (Phi) is 8.39. The first-order valence-corrected chi connectivity index (χ1v) is 9.23. The van der Waals surface area contributed by atoms with Crippen molar-refractivity contribution >= 4 is 17.5 Å². The van der Waals surface area contributed by atoms with E-state index in [2.05, 4.69) is 15.5 Å². The summed E-state index contributed by atoms with van der Waals surface area (Å²) in [6.45, 7) is 1.63. The van der Waals surface area contributed by atoms with Gasteiger partial charge in [0.15, 0.2) is 0 Å². The Morgan fingerprint density at radius 3 is 2.39 bits per heavy atom. The summed E-state index contributed by atoms with van der Waals surface area (Å²) in [5.41, 5.74) is 0.913. The van der Waals surface area contributed by atoms with Crippen LogP contribution >= 0.6 is 0 Å². The fraction of sp³-hybridized carbons (Fsp3) is 0.333. The average molecular weight is 389 g/mol. The van der Waals surface area contributed by atoms with Gasteiger partial charge in [0.25, 0.3) is 5.91 Å². The van der Waals surface area contributed by atoms with E-state index >= 15 is 0 Å². The summed E-state index contributed by atoms with van der Waals surface area (Å²) in [5, 5.41) is 5.37. The maximum Gasteiger partial charge on any atom is 0.254 e. The van der Waals surface area contributed by atoms with Crippen LogP contribution in [0.5, 0.6) is 0 Å². The lowest BCUT2D eigenvalue weighted by atomic mass is 10.2. The van der Waals surface area contributed by atoms with Crippen molar-refractivity contribution in [2.75, 3.05) is 31.6 Å². The van der Waals surface area contributed by atoms with Crippen molar-refractivity contribution in [2.24, 2.45) is 0 Å². The van der Waals surface area contributed by atoms with Gasteiger partial charge in [-0.05, 0) is 37.1 Å². The van der Waals surface area contributed by atoms with Crippen molar-refractivity contribution in [1.82, 2.24) is 10.6 Å². The second kappa shape index (κ2) is 11.0. The second-order valence-electron chi connectivity index (χ2n) is 6.44. The SMILES string of the molecule is CN(CCCNC(=O)CCCNC(=O)c1ccc(F)cc1F)c1ccccc1. The minimum Gasteiger partial charge on any atom is -0.375 e. The van der Waals surface area contributed by atoms with Gasteiger partial charge in [0.05, 0.1) is 5.56 Å². The van der Waals surface area contributed by atoms with Crippen LogP contribution < -0.4 is 15.5 Å². The zero-order valence-corrected chi connectivity index (χ0v) is 15.9. The molecule has 0 aliphatic rings. The number of halogens is 2. The third-order valence-electron chi connectivity index (χ3n) is 4.23. The lowest BCUT2D eigenvalue weighted by Gasteiger charge is -2.19. The molecule has 0 saturated carbocycles. The Hall–Kier alpha value is -2.96. The minimum absolute atomic E-state index is 0.0930. The number of nitrogens with zero attached hydrogens (tertiary/aromatic N) is 1. The Morgan fingerprint density at radius 1 is 0.964 bits per heavy atom. The largest absolute Gasteiger partial charge is 0.375 e. The van der Waals surface area contributed by atoms with E-state index in [4.69, 9.17) is 0 Å². The van der Waals surface area contributed by atoms with Gasteiger partial charge in [-0.15, -0.1) is 0 Å². The number of para-hydroxylation sites is 1. The fourth-order valence-electron chi connectivity index (χ4n) is 2.66. The van der Waals surface area contributed by atoms with Crippen LogP contribution in [-0.2, 0) is 4.79 Å². The van der Waals surface area contributed by atoms with E-state index < -0.39 is 17.5 Å².